The second-order valence-corrected chi connectivity index (χ2v) is 8.32. The summed E-state index contributed by atoms with van der Waals surface area (Å²) in [6.07, 6.45) is 1.20. The number of hydrogen-bond acceptors (Lipinski definition) is 9. The number of aromatic amines is 1. The molecule has 0 amide bonds. The van der Waals surface area contributed by atoms with E-state index >= 15 is 0 Å². The van der Waals surface area contributed by atoms with Crippen LogP contribution in [0.5, 0.6) is 0 Å². The molecule has 4 heterocycles. The molecular weight excluding hydrogens is 368 g/mol. The molecule has 0 radical (unpaired) electrons. The molecule has 2 aliphatic rings. The van der Waals surface area contributed by atoms with Crippen LogP contribution in [0.4, 0.5) is 0 Å². The van der Waals surface area contributed by atoms with Crippen LogP contribution < -0.4 is 5.56 Å². The molecule has 0 aromatic carbocycles. The number of nitrogens with zero attached hydrogens (tertiary/aromatic N) is 3. The molecule has 2 fully saturated rings. The van der Waals surface area contributed by atoms with Crippen molar-refractivity contribution in [3.63, 3.8) is 0 Å². The van der Waals surface area contributed by atoms with Gasteiger partial charge in [-0.3, -0.25) is 13.5 Å². The summed E-state index contributed by atoms with van der Waals surface area (Å²) in [5.74, 6) is -0.873. The van der Waals surface area contributed by atoms with Crippen molar-refractivity contribution in [2.24, 2.45) is 0 Å². The van der Waals surface area contributed by atoms with E-state index in [1.165, 1.54) is 12.7 Å². The van der Waals surface area contributed by atoms with Crippen LogP contribution in [-0.4, -0.2) is 64.9 Å². The van der Waals surface area contributed by atoms with Gasteiger partial charge in [-0.2, -0.15) is 8.42 Å². The number of ether oxygens (including phenoxy) is 3. The molecule has 2 aromatic heterocycles. The van der Waals surface area contributed by atoms with E-state index in [0.717, 1.165) is 6.26 Å². The first kappa shape index (κ1) is 17.5. The Morgan fingerprint density at radius 1 is 1.31 bits per heavy atom. The van der Waals surface area contributed by atoms with Crippen LogP contribution in [0.25, 0.3) is 11.2 Å². The molecule has 0 saturated carbocycles. The van der Waals surface area contributed by atoms with Gasteiger partial charge in [-0.05, 0) is 13.8 Å². The van der Waals surface area contributed by atoms with Crippen molar-refractivity contribution in [2.75, 3.05) is 12.9 Å². The summed E-state index contributed by atoms with van der Waals surface area (Å²) < 4.78 is 46.8. The molecule has 142 valence electrons. The maximum atomic E-state index is 11.9. The average molecular weight is 386 g/mol. The number of aromatic nitrogens is 4. The summed E-state index contributed by atoms with van der Waals surface area (Å²) in [7, 11) is -3.63. The van der Waals surface area contributed by atoms with Crippen LogP contribution >= 0.6 is 0 Å². The van der Waals surface area contributed by atoms with E-state index in [0.29, 0.717) is 5.65 Å². The molecule has 26 heavy (non-hydrogen) atoms. The summed E-state index contributed by atoms with van der Waals surface area (Å²) in [6.45, 7) is 3.30. The molecule has 0 spiro atoms. The third-order valence-electron chi connectivity index (χ3n) is 4.21. The molecule has 12 heteroatoms. The number of H-pyrrole nitrogens is 1. The molecule has 2 saturated heterocycles. The minimum atomic E-state index is -3.63. The number of fused-ring (bicyclic) bond motifs is 2. The van der Waals surface area contributed by atoms with Crippen LogP contribution in [0.2, 0.25) is 0 Å². The maximum Gasteiger partial charge on any atom is 0.278 e. The Morgan fingerprint density at radius 2 is 2.04 bits per heavy atom. The highest BCUT2D eigenvalue weighted by Gasteiger charge is 2.56. The Hall–Kier alpha value is -1.86. The van der Waals surface area contributed by atoms with Crippen molar-refractivity contribution in [3.8, 4) is 0 Å². The largest absolute Gasteiger partial charge is 0.347 e. The molecule has 2 aromatic rings. The highest BCUT2D eigenvalue weighted by atomic mass is 32.2. The zero-order chi connectivity index (χ0) is 18.7. The van der Waals surface area contributed by atoms with Crippen LogP contribution in [0.15, 0.2) is 17.4 Å². The van der Waals surface area contributed by atoms with E-state index < -0.39 is 40.4 Å². The van der Waals surface area contributed by atoms with E-state index in [1.54, 1.807) is 18.4 Å². The number of imidazole rings is 1. The second kappa shape index (κ2) is 5.82. The second-order valence-electron chi connectivity index (χ2n) is 6.67. The fraction of sp³-hybridized carbons (Fsp3) is 0.643. The van der Waals surface area contributed by atoms with Crippen LogP contribution in [-0.2, 0) is 28.5 Å². The van der Waals surface area contributed by atoms with Crippen molar-refractivity contribution in [1.29, 1.82) is 0 Å². The molecule has 4 unspecified atom stereocenters. The Morgan fingerprint density at radius 3 is 2.77 bits per heavy atom. The van der Waals surface area contributed by atoms with Gasteiger partial charge >= 0.3 is 0 Å². The molecule has 4 atom stereocenters. The highest BCUT2D eigenvalue weighted by Crippen LogP contribution is 2.43. The number of hydrogen-bond donors (Lipinski definition) is 1. The lowest BCUT2D eigenvalue weighted by atomic mass is 10.1. The summed E-state index contributed by atoms with van der Waals surface area (Å²) in [5, 5.41) is 0. The fourth-order valence-corrected chi connectivity index (χ4v) is 3.64. The molecule has 2 aliphatic heterocycles. The lowest BCUT2D eigenvalue weighted by Gasteiger charge is -2.24. The van der Waals surface area contributed by atoms with E-state index in [-0.39, 0.29) is 17.7 Å². The average Bonchev–Trinajstić information content (AvgIpc) is 3.16. The van der Waals surface area contributed by atoms with Crippen molar-refractivity contribution in [1.82, 2.24) is 19.5 Å². The van der Waals surface area contributed by atoms with Gasteiger partial charge in [-0.25, -0.2) is 9.97 Å². The predicted octanol–water partition coefficient (Wildman–Crippen LogP) is -0.487. The first-order valence-electron chi connectivity index (χ1n) is 7.90. The van der Waals surface area contributed by atoms with Gasteiger partial charge in [0.15, 0.2) is 23.2 Å². The summed E-state index contributed by atoms with van der Waals surface area (Å²) >= 11 is 0. The van der Waals surface area contributed by atoms with Crippen molar-refractivity contribution in [3.05, 3.63) is 23.0 Å². The van der Waals surface area contributed by atoms with Gasteiger partial charge in [0.05, 0.1) is 25.5 Å². The van der Waals surface area contributed by atoms with Crippen LogP contribution in [0.1, 0.15) is 20.1 Å². The topological polar surface area (TPSA) is 135 Å². The fourth-order valence-electron chi connectivity index (χ4n) is 3.26. The molecular formula is C14H18N4O7S. The first-order chi connectivity index (χ1) is 12.1. The first-order valence-corrected chi connectivity index (χ1v) is 9.72. The van der Waals surface area contributed by atoms with E-state index in [4.69, 9.17) is 18.4 Å². The van der Waals surface area contributed by atoms with Gasteiger partial charge < -0.3 is 19.2 Å². The lowest BCUT2D eigenvalue weighted by molar-refractivity contribution is -0.198. The van der Waals surface area contributed by atoms with E-state index in [2.05, 4.69) is 15.0 Å². The summed E-state index contributed by atoms with van der Waals surface area (Å²) in [4.78, 5) is 22.5. The van der Waals surface area contributed by atoms with E-state index in [9.17, 15) is 13.2 Å². The van der Waals surface area contributed by atoms with Gasteiger partial charge in [-0.15, -0.1) is 0 Å². The zero-order valence-corrected chi connectivity index (χ0v) is 15.1. The van der Waals surface area contributed by atoms with Crippen molar-refractivity contribution in [2.45, 2.75) is 44.2 Å². The van der Waals surface area contributed by atoms with Crippen molar-refractivity contribution < 1.29 is 26.8 Å². The quantitative estimate of drug-likeness (QED) is 0.691. The Balaban J connectivity index is 1.69. The Labute approximate surface area is 148 Å². The third kappa shape index (κ3) is 3.03. The maximum absolute atomic E-state index is 11.9. The summed E-state index contributed by atoms with van der Waals surface area (Å²) in [6, 6.07) is 0. The standard InChI is InChI=1S/C14H18N4O7S/c1-14(2)24-9-7(4-22-26(3,20)21)23-13(10(9)25-14)18-6-17-8-11(18)15-5-16-12(8)19/h5-7,9-10,13H,4H2,1-3H3,(H,15,16,19). The minimum absolute atomic E-state index is 0.168. The number of rotatable bonds is 4. The lowest BCUT2D eigenvalue weighted by Crippen LogP contribution is -2.33. The smallest absolute Gasteiger partial charge is 0.278 e. The minimum Gasteiger partial charge on any atom is -0.347 e. The molecule has 11 nitrogen and oxygen atoms in total. The molecule has 4 rings (SSSR count). The Bertz CT molecular complexity index is 998. The van der Waals surface area contributed by atoms with Crippen molar-refractivity contribution >= 4 is 21.3 Å². The normalized spacial score (nSPS) is 30.7. The molecule has 0 bridgehead atoms. The van der Waals surface area contributed by atoms with Gasteiger partial charge in [0.1, 0.15) is 18.3 Å². The van der Waals surface area contributed by atoms with Gasteiger partial charge in [0.25, 0.3) is 15.7 Å². The SMILES string of the molecule is CC1(C)OC2C(COS(C)(=O)=O)OC(n3cnc4c(=O)[nH]cnc43)C2O1. The Kier molecular flexibility index (Phi) is 3.93. The van der Waals surface area contributed by atoms with Gasteiger partial charge in [0.2, 0.25) is 0 Å². The third-order valence-corrected chi connectivity index (χ3v) is 4.78. The predicted molar refractivity (Wildman–Crippen MR) is 86.7 cm³/mol. The monoisotopic (exact) mass is 386 g/mol. The molecule has 1 N–H and O–H groups in total. The van der Waals surface area contributed by atoms with Gasteiger partial charge in [-0.1, -0.05) is 0 Å². The molecule has 0 aliphatic carbocycles. The van der Waals surface area contributed by atoms with Crippen LogP contribution in [0.3, 0.4) is 0 Å². The van der Waals surface area contributed by atoms with E-state index in [1.807, 2.05) is 0 Å². The highest BCUT2D eigenvalue weighted by molar-refractivity contribution is 7.85. The zero-order valence-electron chi connectivity index (χ0n) is 14.3. The summed E-state index contributed by atoms with van der Waals surface area (Å²) in [5.41, 5.74) is 0.126. The van der Waals surface area contributed by atoms with Crippen LogP contribution in [0, 0.1) is 0 Å². The van der Waals surface area contributed by atoms with Gasteiger partial charge in [0, 0.05) is 0 Å². The number of nitrogens with one attached hydrogen (secondary N) is 1.